The highest BCUT2D eigenvalue weighted by Crippen LogP contribution is 2.25. The van der Waals surface area contributed by atoms with Gasteiger partial charge in [-0.05, 0) is 31.4 Å². The smallest absolute Gasteiger partial charge is 0.227 e. The van der Waals surface area contributed by atoms with Gasteiger partial charge in [0.05, 0.1) is 6.42 Å². The van der Waals surface area contributed by atoms with Crippen molar-refractivity contribution in [2.45, 2.75) is 25.3 Å². The molecule has 2 aliphatic heterocycles. The number of amides is 1. The number of halogens is 2. The van der Waals surface area contributed by atoms with Crippen LogP contribution in [-0.4, -0.2) is 36.5 Å². The number of rotatable bonds is 2. The van der Waals surface area contributed by atoms with Crippen molar-refractivity contribution in [1.29, 1.82) is 0 Å². The maximum absolute atomic E-state index is 13.6. The molecule has 1 aromatic rings. The van der Waals surface area contributed by atoms with Crippen molar-refractivity contribution in [3.8, 4) is 0 Å². The van der Waals surface area contributed by atoms with Gasteiger partial charge in [0.25, 0.3) is 0 Å². The summed E-state index contributed by atoms with van der Waals surface area (Å²) in [6.45, 7) is 2.44. The van der Waals surface area contributed by atoms with E-state index in [0.717, 1.165) is 32.0 Å². The van der Waals surface area contributed by atoms with E-state index in [9.17, 15) is 13.6 Å². The topological polar surface area (TPSA) is 32.3 Å². The number of hydrogen-bond donors (Lipinski definition) is 1. The third-order valence-electron chi connectivity index (χ3n) is 4.38. The van der Waals surface area contributed by atoms with Crippen LogP contribution < -0.4 is 5.32 Å². The minimum atomic E-state index is -0.904. The molecule has 0 saturated carbocycles. The van der Waals surface area contributed by atoms with Crippen molar-refractivity contribution in [1.82, 2.24) is 10.2 Å². The second-order valence-corrected chi connectivity index (χ2v) is 5.63. The SMILES string of the molecule is O=C(Cc1cccc(F)c1F)N1CCC2NCCC2C1. The van der Waals surface area contributed by atoms with Gasteiger partial charge in [-0.2, -0.15) is 0 Å². The second kappa shape index (κ2) is 5.48. The van der Waals surface area contributed by atoms with E-state index in [0.29, 0.717) is 18.5 Å². The molecule has 0 aromatic heterocycles. The molecule has 2 heterocycles. The number of carbonyl (C=O) groups is 1. The van der Waals surface area contributed by atoms with Crippen molar-refractivity contribution in [2.75, 3.05) is 19.6 Å². The highest BCUT2D eigenvalue weighted by atomic mass is 19.2. The fourth-order valence-electron chi connectivity index (χ4n) is 3.23. The highest BCUT2D eigenvalue weighted by molar-refractivity contribution is 5.79. The molecule has 108 valence electrons. The molecule has 1 N–H and O–H groups in total. The molecule has 0 bridgehead atoms. The van der Waals surface area contributed by atoms with E-state index in [2.05, 4.69) is 5.32 Å². The monoisotopic (exact) mass is 280 g/mol. The molecule has 2 unspecified atom stereocenters. The van der Waals surface area contributed by atoms with Crippen molar-refractivity contribution < 1.29 is 13.6 Å². The summed E-state index contributed by atoms with van der Waals surface area (Å²) in [6, 6.07) is 4.50. The lowest BCUT2D eigenvalue weighted by molar-refractivity contribution is -0.132. The Morgan fingerprint density at radius 1 is 1.35 bits per heavy atom. The molecular formula is C15H18F2N2O. The molecule has 2 saturated heterocycles. The molecule has 20 heavy (non-hydrogen) atoms. The van der Waals surface area contributed by atoms with Crippen LogP contribution in [0.3, 0.4) is 0 Å². The lowest BCUT2D eigenvalue weighted by Crippen LogP contribution is -2.47. The number of hydrogen-bond acceptors (Lipinski definition) is 2. The summed E-state index contributed by atoms with van der Waals surface area (Å²) < 4.78 is 26.7. The summed E-state index contributed by atoms with van der Waals surface area (Å²) in [4.78, 5) is 14.0. The Balaban J connectivity index is 1.66. The summed E-state index contributed by atoms with van der Waals surface area (Å²) in [5.74, 6) is -1.41. The van der Waals surface area contributed by atoms with Gasteiger partial charge in [-0.1, -0.05) is 12.1 Å². The highest BCUT2D eigenvalue weighted by Gasteiger charge is 2.34. The van der Waals surface area contributed by atoms with Gasteiger partial charge < -0.3 is 10.2 Å². The molecular weight excluding hydrogens is 262 g/mol. The Kier molecular flexibility index (Phi) is 3.70. The number of piperidine rings is 1. The number of benzene rings is 1. The van der Waals surface area contributed by atoms with Gasteiger partial charge in [-0.25, -0.2) is 8.78 Å². The van der Waals surface area contributed by atoms with Crippen molar-refractivity contribution in [2.24, 2.45) is 5.92 Å². The van der Waals surface area contributed by atoms with Crippen LogP contribution in [0.1, 0.15) is 18.4 Å². The van der Waals surface area contributed by atoms with Gasteiger partial charge in [-0.3, -0.25) is 4.79 Å². The molecule has 0 aliphatic carbocycles. The fourth-order valence-corrected chi connectivity index (χ4v) is 3.23. The summed E-state index contributed by atoms with van der Waals surface area (Å²) in [7, 11) is 0. The molecule has 2 aliphatic rings. The average Bonchev–Trinajstić information content (AvgIpc) is 2.91. The summed E-state index contributed by atoms with van der Waals surface area (Å²) >= 11 is 0. The quantitative estimate of drug-likeness (QED) is 0.894. The summed E-state index contributed by atoms with van der Waals surface area (Å²) in [5.41, 5.74) is 0.140. The van der Waals surface area contributed by atoms with E-state index < -0.39 is 11.6 Å². The maximum Gasteiger partial charge on any atom is 0.227 e. The Labute approximate surface area is 117 Å². The van der Waals surface area contributed by atoms with Gasteiger partial charge >= 0.3 is 0 Å². The van der Waals surface area contributed by atoms with Gasteiger partial charge in [0.15, 0.2) is 11.6 Å². The van der Waals surface area contributed by atoms with E-state index in [4.69, 9.17) is 0 Å². The molecule has 1 amide bonds. The Bertz CT molecular complexity index is 521. The summed E-state index contributed by atoms with van der Waals surface area (Å²) in [6.07, 6.45) is 1.97. The zero-order valence-electron chi connectivity index (χ0n) is 11.2. The van der Waals surface area contributed by atoms with Crippen LogP contribution in [-0.2, 0) is 11.2 Å². The Morgan fingerprint density at radius 2 is 2.20 bits per heavy atom. The zero-order chi connectivity index (χ0) is 14.1. The molecule has 3 rings (SSSR count). The zero-order valence-corrected chi connectivity index (χ0v) is 11.2. The van der Waals surface area contributed by atoms with Gasteiger partial charge in [0, 0.05) is 24.7 Å². The van der Waals surface area contributed by atoms with Crippen LogP contribution in [0.4, 0.5) is 8.78 Å². The maximum atomic E-state index is 13.6. The number of nitrogens with one attached hydrogen (secondary N) is 1. The predicted octanol–water partition coefficient (Wildman–Crippen LogP) is 1.72. The lowest BCUT2D eigenvalue weighted by Gasteiger charge is -2.35. The largest absolute Gasteiger partial charge is 0.342 e. The minimum Gasteiger partial charge on any atom is -0.342 e. The van der Waals surface area contributed by atoms with Crippen molar-refractivity contribution >= 4 is 5.91 Å². The second-order valence-electron chi connectivity index (χ2n) is 5.63. The predicted molar refractivity (Wildman–Crippen MR) is 71.2 cm³/mol. The molecule has 0 spiro atoms. The number of fused-ring (bicyclic) bond motifs is 1. The van der Waals surface area contributed by atoms with E-state index in [-0.39, 0.29) is 17.9 Å². The van der Waals surface area contributed by atoms with E-state index in [1.54, 1.807) is 4.90 Å². The number of carbonyl (C=O) groups excluding carboxylic acids is 1. The van der Waals surface area contributed by atoms with Gasteiger partial charge in [0.1, 0.15) is 0 Å². The first-order valence-corrected chi connectivity index (χ1v) is 7.09. The van der Waals surface area contributed by atoms with E-state index in [1.165, 1.54) is 12.1 Å². The Morgan fingerprint density at radius 3 is 3.05 bits per heavy atom. The lowest BCUT2D eigenvalue weighted by atomic mass is 9.93. The third-order valence-corrected chi connectivity index (χ3v) is 4.38. The van der Waals surface area contributed by atoms with Crippen LogP contribution in [0.25, 0.3) is 0 Å². The number of nitrogens with zero attached hydrogens (tertiary/aromatic N) is 1. The number of likely N-dealkylation sites (tertiary alicyclic amines) is 1. The minimum absolute atomic E-state index is 0.0611. The van der Waals surface area contributed by atoms with E-state index in [1.807, 2.05) is 0 Å². The normalized spacial score (nSPS) is 25.6. The average molecular weight is 280 g/mol. The molecule has 2 atom stereocenters. The molecule has 5 heteroatoms. The van der Waals surface area contributed by atoms with Crippen LogP contribution in [0.15, 0.2) is 18.2 Å². The Hall–Kier alpha value is -1.49. The van der Waals surface area contributed by atoms with Gasteiger partial charge in [-0.15, -0.1) is 0 Å². The molecule has 2 fully saturated rings. The third kappa shape index (κ3) is 2.54. The van der Waals surface area contributed by atoms with Crippen LogP contribution >= 0.6 is 0 Å². The first-order chi connectivity index (χ1) is 9.65. The summed E-state index contributed by atoms with van der Waals surface area (Å²) in [5, 5.41) is 3.44. The standard InChI is InChI=1S/C15H18F2N2O/c16-12-3-1-2-10(15(12)17)8-14(20)19-7-5-13-11(9-19)4-6-18-13/h1-3,11,13,18H,4-9H2. The molecule has 3 nitrogen and oxygen atoms in total. The first-order valence-electron chi connectivity index (χ1n) is 7.09. The fraction of sp³-hybridized carbons (Fsp3) is 0.533. The van der Waals surface area contributed by atoms with Crippen molar-refractivity contribution in [3.63, 3.8) is 0 Å². The van der Waals surface area contributed by atoms with Gasteiger partial charge in [0.2, 0.25) is 5.91 Å². The van der Waals surface area contributed by atoms with Crippen LogP contribution in [0.2, 0.25) is 0 Å². The molecule has 1 aromatic carbocycles. The van der Waals surface area contributed by atoms with Crippen molar-refractivity contribution in [3.05, 3.63) is 35.4 Å². The molecule has 0 radical (unpaired) electrons. The van der Waals surface area contributed by atoms with Crippen LogP contribution in [0.5, 0.6) is 0 Å². The van der Waals surface area contributed by atoms with E-state index >= 15 is 0 Å². The van der Waals surface area contributed by atoms with Crippen LogP contribution in [0, 0.1) is 17.6 Å². The first kappa shape index (κ1) is 13.5.